The zero-order valence-electron chi connectivity index (χ0n) is 20.8. The molecular weight excluding hydrogens is 461 g/mol. The third-order valence-corrected chi connectivity index (χ3v) is 5.64. The van der Waals surface area contributed by atoms with Crippen molar-refractivity contribution in [3.05, 3.63) is 70.9 Å². The SMILES string of the molecule is CC(=O)c1nc(-c2ccc(C[C@@H](CCO)NC(=O)c3ccc(NC(C)C)c(C#N)c3)cc2F)cn1C. The number of imidazole rings is 1. The molecule has 2 aromatic carbocycles. The number of Topliss-reactive ketones (excluding diaryl/α,β-unsaturated/α-hetero) is 1. The highest BCUT2D eigenvalue weighted by Gasteiger charge is 2.18. The topological polar surface area (TPSA) is 120 Å². The summed E-state index contributed by atoms with van der Waals surface area (Å²) in [5.74, 6) is -0.854. The molecule has 36 heavy (non-hydrogen) atoms. The Morgan fingerprint density at radius 2 is 1.97 bits per heavy atom. The maximum Gasteiger partial charge on any atom is 0.251 e. The number of rotatable bonds is 10. The molecule has 1 amide bonds. The van der Waals surface area contributed by atoms with Crippen molar-refractivity contribution < 1.29 is 19.1 Å². The predicted molar refractivity (Wildman–Crippen MR) is 135 cm³/mol. The lowest BCUT2D eigenvalue weighted by Gasteiger charge is -2.19. The number of aliphatic hydroxyl groups excluding tert-OH is 1. The monoisotopic (exact) mass is 491 g/mol. The van der Waals surface area contributed by atoms with Crippen molar-refractivity contribution >= 4 is 17.4 Å². The van der Waals surface area contributed by atoms with Crippen molar-refractivity contribution in [1.29, 1.82) is 5.26 Å². The number of aromatic nitrogens is 2. The lowest BCUT2D eigenvalue weighted by atomic mass is 10.00. The molecule has 8 nitrogen and oxygen atoms in total. The molecule has 0 spiro atoms. The van der Waals surface area contributed by atoms with Crippen LogP contribution in [0.25, 0.3) is 11.3 Å². The van der Waals surface area contributed by atoms with E-state index in [2.05, 4.69) is 21.7 Å². The summed E-state index contributed by atoms with van der Waals surface area (Å²) in [4.78, 5) is 28.8. The average molecular weight is 492 g/mol. The lowest BCUT2D eigenvalue weighted by molar-refractivity contribution is 0.0929. The number of hydrogen-bond acceptors (Lipinski definition) is 6. The van der Waals surface area contributed by atoms with E-state index >= 15 is 0 Å². The van der Waals surface area contributed by atoms with E-state index in [0.29, 0.717) is 34.5 Å². The number of nitrogens with zero attached hydrogens (tertiary/aromatic N) is 3. The van der Waals surface area contributed by atoms with Gasteiger partial charge in [0.15, 0.2) is 11.6 Å². The van der Waals surface area contributed by atoms with Crippen molar-refractivity contribution in [2.75, 3.05) is 11.9 Å². The van der Waals surface area contributed by atoms with Gasteiger partial charge in [0.05, 0.1) is 16.9 Å². The van der Waals surface area contributed by atoms with Crippen LogP contribution in [0.4, 0.5) is 10.1 Å². The second kappa shape index (κ2) is 11.6. The van der Waals surface area contributed by atoms with Crippen LogP contribution in [0, 0.1) is 17.1 Å². The zero-order valence-corrected chi connectivity index (χ0v) is 20.8. The maximum atomic E-state index is 14.9. The number of amides is 1. The second-order valence-electron chi connectivity index (χ2n) is 8.99. The Morgan fingerprint density at radius 1 is 1.22 bits per heavy atom. The number of ketones is 1. The van der Waals surface area contributed by atoms with Crippen LogP contribution >= 0.6 is 0 Å². The van der Waals surface area contributed by atoms with E-state index < -0.39 is 11.9 Å². The zero-order chi connectivity index (χ0) is 26.4. The van der Waals surface area contributed by atoms with Gasteiger partial charge in [-0.05, 0) is 62.6 Å². The summed E-state index contributed by atoms with van der Waals surface area (Å²) in [5.41, 5.74) is 2.58. The van der Waals surface area contributed by atoms with Gasteiger partial charge in [-0.3, -0.25) is 9.59 Å². The van der Waals surface area contributed by atoms with Crippen molar-refractivity contribution in [1.82, 2.24) is 14.9 Å². The first-order valence-electron chi connectivity index (χ1n) is 11.7. The molecule has 0 radical (unpaired) electrons. The Hall–Kier alpha value is -4.03. The largest absolute Gasteiger partial charge is 0.396 e. The summed E-state index contributed by atoms with van der Waals surface area (Å²) >= 11 is 0. The molecule has 0 saturated carbocycles. The fourth-order valence-electron chi connectivity index (χ4n) is 3.97. The van der Waals surface area contributed by atoms with Gasteiger partial charge in [0, 0.05) is 50.0 Å². The number of nitriles is 1. The number of nitrogens with one attached hydrogen (secondary N) is 2. The summed E-state index contributed by atoms with van der Waals surface area (Å²) < 4.78 is 16.5. The predicted octanol–water partition coefficient (Wildman–Crippen LogP) is 3.84. The van der Waals surface area contributed by atoms with Gasteiger partial charge >= 0.3 is 0 Å². The Balaban J connectivity index is 1.76. The minimum Gasteiger partial charge on any atom is -0.396 e. The normalized spacial score (nSPS) is 11.7. The summed E-state index contributed by atoms with van der Waals surface area (Å²) in [7, 11) is 1.68. The van der Waals surface area contributed by atoms with Crippen LogP contribution in [0.2, 0.25) is 0 Å². The minimum atomic E-state index is -0.498. The van der Waals surface area contributed by atoms with Gasteiger partial charge < -0.3 is 20.3 Å². The molecule has 0 saturated heterocycles. The minimum absolute atomic E-state index is 0.131. The third-order valence-electron chi connectivity index (χ3n) is 5.64. The highest BCUT2D eigenvalue weighted by Crippen LogP contribution is 2.24. The standard InChI is InChI=1S/C27H30FN5O3/c1-16(2)30-24-8-6-19(13-20(24)14-29)27(36)31-21(9-10-34)11-18-5-7-22(23(28)12-18)25-15-33(4)26(32-25)17(3)35/h5-8,12-13,15-16,21,30,34H,9-11H2,1-4H3,(H,31,36)/t21-/m1/s1. The second-order valence-corrected chi connectivity index (χ2v) is 8.99. The van der Waals surface area contributed by atoms with E-state index in [0.717, 1.165) is 0 Å². The average Bonchev–Trinajstić information content (AvgIpc) is 3.20. The molecule has 0 bridgehead atoms. The van der Waals surface area contributed by atoms with E-state index in [1.54, 1.807) is 42.1 Å². The summed E-state index contributed by atoms with van der Waals surface area (Å²) in [6.07, 6.45) is 2.17. The first kappa shape index (κ1) is 26.6. The molecule has 1 heterocycles. The molecule has 3 aromatic rings. The summed E-state index contributed by atoms with van der Waals surface area (Å²) in [5, 5.41) is 25.0. The Bertz CT molecular complexity index is 1310. The Labute approximate surface area is 209 Å². The molecule has 0 unspecified atom stereocenters. The molecule has 1 atom stereocenters. The molecule has 188 valence electrons. The molecule has 0 aliphatic carbocycles. The van der Waals surface area contributed by atoms with Crippen molar-refractivity contribution in [2.24, 2.45) is 7.05 Å². The van der Waals surface area contributed by atoms with Crippen LogP contribution in [0.15, 0.2) is 42.6 Å². The number of anilines is 1. The number of aryl methyl sites for hydroxylation is 1. The van der Waals surface area contributed by atoms with Gasteiger partial charge in [-0.2, -0.15) is 5.26 Å². The fraction of sp³-hybridized carbons (Fsp3) is 0.333. The van der Waals surface area contributed by atoms with Gasteiger partial charge in [0.1, 0.15) is 11.9 Å². The molecular formula is C27H30FN5O3. The van der Waals surface area contributed by atoms with Gasteiger partial charge in [0.2, 0.25) is 0 Å². The van der Waals surface area contributed by atoms with E-state index in [-0.39, 0.29) is 42.1 Å². The fourth-order valence-corrected chi connectivity index (χ4v) is 3.97. The van der Waals surface area contributed by atoms with Crippen LogP contribution in [-0.4, -0.2) is 45.0 Å². The van der Waals surface area contributed by atoms with Crippen LogP contribution in [0.5, 0.6) is 0 Å². The van der Waals surface area contributed by atoms with Crippen LogP contribution in [-0.2, 0) is 13.5 Å². The molecule has 3 N–H and O–H groups in total. The van der Waals surface area contributed by atoms with Gasteiger partial charge in [-0.1, -0.05) is 6.07 Å². The number of halogens is 1. The number of aliphatic hydroxyl groups is 1. The van der Waals surface area contributed by atoms with E-state index in [1.807, 2.05) is 13.8 Å². The molecule has 3 rings (SSSR count). The molecule has 0 fully saturated rings. The summed E-state index contributed by atoms with van der Waals surface area (Å²) in [6, 6.07) is 11.3. The molecule has 0 aliphatic rings. The van der Waals surface area contributed by atoms with E-state index in [4.69, 9.17) is 0 Å². The number of hydrogen-bond donors (Lipinski definition) is 3. The molecule has 9 heteroatoms. The highest BCUT2D eigenvalue weighted by atomic mass is 19.1. The van der Waals surface area contributed by atoms with Crippen LogP contribution < -0.4 is 10.6 Å². The number of carbonyl (C=O) groups is 2. The lowest BCUT2D eigenvalue weighted by Crippen LogP contribution is -2.37. The summed E-state index contributed by atoms with van der Waals surface area (Å²) in [6.45, 7) is 5.15. The maximum absolute atomic E-state index is 14.9. The van der Waals surface area contributed by atoms with Crippen LogP contribution in [0.3, 0.4) is 0 Å². The Kier molecular flexibility index (Phi) is 8.56. The third kappa shape index (κ3) is 6.34. The molecule has 0 aliphatic heterocycles. The highest BCUT2D eigenvalue weighted by molar-refractivity contribution is 5.95. The van der Waals surface area contributed by atoms with Gasteiger partial charge in [0.25, 0.3) is 5.91 Å². The van der Waals surface area contributed by atoms with Crippen molar-refractivity contribution in [2.45, 2.75) is 45.7 Å². The smallest absolute Gasteiger partial charge is 0.251 e. The van der Waals surface area contributed by atoms with Crippen molar-refractivity contribution in [3.63, 3.8) is 0 Å². The van der Waals surface area contributed by atoms with E-state index in [1.165, 1.54) is 19.1 Å². The van der Waals surface area contributed by atoms with Gasteiger partial charge in [-0.25, -0.2) is 9.37 Å². The first-order valence-corrected chi connectivity index (χ1v) is 11.7. The Morgan fingerprint density at radius 3 is 2.56 bits per heavy atom. The molecule has 1 aromatic heterocycles. The number of carbonyl (C=O) groups excluding carboxylic acids is 2. The quantitative estimate of drug-likeness (QED) is 0.371. The van der Waals surface area contributed by atoms with Crippen molar-refractivity contribution in [3.8, 4) is 17.3 Å². The number of benzene rings is 2. The van der Waals surface area contributed by atoms with Gasteiger partial charge in [-0.15, -0.1) is 0 Å². The van der Waals surface area contributed by atoms with Crippen LogP contribution in [0.1, 0.15) is 59.3 Å². The first-order chi connectivity index (χ1) is 17.1. The van der Waals surface area contributed by atoms with E-state index in [9.17, 15) is 24.3 Å².